The van der Waals surface area contributed by atoms with Crippen molar-refractivity contribution in [1.29, 1.82) is 0 Å². The second-order valence-electron chi connectivity index (χ2n) is 5.36. The van der Waals surface area contributed by atoms with Crippen LogP contribution in [0.2, 0.25) is 0 Å². The van der Waals surface area contributed by atoms with E-state index >= 15 is 0 Å². The van der Waals surface area contributed by atoms with E-state index in [0.717, 1.165) is 6.54 Å². The molecule has 0 aromatic heterocycles. The summed E-state index contributed by atoms with van der Waals surface area (Å²) in [6, 6.07) is 0. The minimum Gasteiger partial charge on any atom is -0.479 e. The molecule has 1 unspecified atom stereocenters. The highest BCUT2D eigenvalue weighted by atomic mass is 16.4. The number of carboxylic acid groups (broad SMARTS) is 1. The molecule has 16 heavy (non-hydrogen) atoms. The lowest BCUT2D eigenvalue weighted by Gasteiger charge is -2.27. The topological polar surface area (TPSA) is 69.6 Å². The number of aliphatic hydroxyl groups is 1. The average molecular weight is 231 g/mol. The minimum atomic E-state index is -1.68. The Morgan fingerprint density at radius 2 is 1.69 bits per heavy atom. The molecule has 0 aliphatic heterocycles. The minimum absolute atomic E-state index is 0.0816. The van der Waals surface area contributed by atoms with Crippen LogP contribution in [0.3, 0.4) is 0 Å². The van der Waals surface area contributed by atoms with E-state index in [1.165, 1.54) is 6.92 Å². The molecule has 3 N–H and O–H groups in total. The maximum atomic E-state index is 10.7. The van der Waals surface area contributed by atoms with Crippen LogP contribution >= 0.6 is 0 Å². The van der Waals surface area contributed by atoms with E-state index in [9.17, 15) is 9.90 Å². The highest BCUT2D eigenvalue weighted by Gasteiger charge is 2.29. The molecular formula is C12H25NO3. The summed E-state index contributed by atoms with van der Waals surface area (Å²) in [5.41, 5.74) is -1.68. The first kappa shape index (κ1) is 15.4. The quantitative estimate of drug-likeness (QED) is 0.618. The van der Waals surface area contributed by atoms with Crippen LogP contribution in [0, 0.1) is 17.8 Å². The number of rotatable bonds is 7. The van der Waals surface area contributed by atoms with Gasteiger partial charge in [-0.15, -0.1) is 0 Å². The molecule has 0 rings (SSSR count). The fourth-order valence-corrected chi connectivity index (χ4v) is 1.80. The van der Waals surface area contributed by atoms with Gasteiger partial charge in [-0.3, -0.25) is 0 Å². The first-order valence-electron chi connectivity index (χ1n) is 5.85. The lowest BCUT2D eigenvalue weighted by molar-refractivity contribution is -0.156. The zero-order valence-electron chi connectivity index (χ0n) is 10.9. The van der Waals surface area contributed by atoms with Crippen molar-refractivity contribution >= 4 is 5.97 Å². The van der Waals surface area contributed by atoms with Crippen molar-refractivity contribution in [2.24, 2.45) is 17.8 Å². The molecule has 0 radical (unpaired) electrons. The fourth-order valence-electron chi connectivity index (χ4n) is 1.80. The van der Waals surface area contributed by atoms with Crippen LogP contribution in [0.25, 0.3) is 0 Å². The van der Waals surface area contributed by atoms with Gasteiger partial charge in [0.05, 0.1) is 0 Å². The highest BCUT2D eigenvalue weighted by Crippen LogP contribution is 2.19. The third kappa shape index (κ3) is 4.94. The number of carboxylic acids is 1. The van der Waals surface area contributed by atoms with Gasteiger partial charge in [0.1, 0.15) is 0 Å². The van der Waals surface area contributed by atoms with E-state index in [-0.39, 0.29) is 6.54 Å². The van der Waals surface area contributed by atoms with E-state index in [1.54, 1.807) is 0 Å². The smallest absolute Gasteiger partial charge is 0.336 e. The van der Waals surface area contributed by atoms with Crippen LogP contribution in [0.1, 0.15) is 34.6 Å². The number of carbonyl (C=O) groups is 1. The Labute approximate surface area is 98.1 Å². The summed E-state index contributed by atoms with van der Waals surface area (Å²) in [6.07, 6.45) is 0. The molecule has 4 nitrogen and oxygen atoms in total. The van der Waals surface area contributed by atoms with Crippen molar-refractivity contribution in [3.63, 3.8) is 0 Å². The maximum absolute atomic E-state index is 10.7. The highest BCUT2D eigenvalue weighted by molar-refractivity contribution is 5.76. The maximum Gasteiger partial charge on any atom is 0.336 e. The number of aliphatic carboxylic acids is 1. The fraction of sp³-hybridized carbons (Fsp3) is 0.917. The van der Waals surface area contributed by atoms with Gasteiger partial charge in [0.2, 0.25) is 0 Å². The van der Waals surface area contributed by atoms with Gasteiger partial charge in [-0.2, -0.15) is 0 Å². The third-order valence-corrected chi connectivity index (χ3v) is 3.02. The van der Waals surface area contributed by atoms with Crippen LogP contribution in [-0.4, -0.2) is 34.9 Å². The second kappa shape index (κ2) is 6.21. The van der Waals surface area contributed by atoms with Gasteiger partial charge in [-0.05, 0) is 31.2 Å². The predicted octanol–water partition coefficient (Wildman–Crippen LogP) is 1.34. The Morgan fingerprint density at radius 3 is 2.00 bits per heavy atom. The molecule has 0 heterocycles. The number of hydrogen-bond donors (Lipinski definition) is 3. The Kier molecular flexibility index (Phi) is 5.97. The Hall–Kier alpha value is -0.610. The standard InChI is InChI=1S/C12H25NO3/c1-8(2)10(9(3)4)6-13-7-12(5,16)11(14)15/h8-10,13,16H,6-7H2,1-5H3,(H,14,15). The van der Waals surface area contributed by atoms with Crippen molar-refractivity contribution in [1.82, 2.24) is 5.32 Å². The SMILES string of the molecule is CC(C)C(CNCC(C)(O)C(=O)O)C(C)C. The molecule has 0 fully saturated rings. The van der Waals surface area contributed by atoms with Gasteiger partial charge in [-0.1, -0.05) is 27.7 Å². The van der Waals surface area contributed by atoms with Gasteiger partial charge < -0.3 is 15.5 Å². The first-order valence-corrected chi connectivity index (χ1v) is 5.85. The number of nitrogens with one attached hydrogen (secondary N) is 1. The van der Waals surface area contributed by atoms with Crippen molar-refractivity contribution < 1.29 is 15.0 Å². The van der Waals surface area contributed by atoms with E-state index < -0.39 is 11.6 Å². The molecule has 0 saturated carbocycles. The lowest BCUT2D eigenvalue weighted by atomic mass is 9.85. The summed E-state index contributed by atoms with van der Waals surface area (Å²) in [5.74, 6) is 0.389. The molecular weight excluding hydrogens is 206 g/mol. The summed E-state index contributed by atoms with van der Waals surface area (Å²) in [6.45, 7) is 10.7. The van der Waals surface area contributed by atoms with Crippen molar-refractivity contribution in [2.75, 3.05) is 13.1 Å². The zero-order valence-corrected chi connectivity index (χ0v) is 10.9. The van der Waals surface area contributed by atoms with Crippen LogP contribution in [-0.2, 0) is 4.79 Å². The molecule has 96 valence electrons. The summed E-state index contributed by atoms with van der Waals surface area (Å²) < 4.78 is 0. The van der Waals surface area contributed by atoms with E-state index in [2.05, 4.69) is 33.0 Å². The largest absolute Gasteiger partial charge is 0.479 e. The molecule has 0 aromatic carbocycles. The van der Waals surface area contributed by atoms with Crippen molar-refractivity contribution in [2.45, 2.75) is 40.2 Å². The van der Waals surface area contributed by atoms with E-state index in [4.69, 9.17) is 5.11 Å². The van der Waals surface area contributed by atoms with Gasteiger partial charge in [-0.25, -0.2) is 4.79 Å². The van der Waals surface area contributed by atoms with Crippen LogP contribution in [0.4, 0.5) is 0 Å². The summed E-state index contributed by atoms with van der Waals surface area (Å²) in [5, 5.41) is 21.3. The average Bonchev–Trinajstić information content (AvgIpc) is 2.10. The van der Waals surface area contributed by atoms with Crippen LogP contribution in [0.15, 0.2) is 0 Å². The molecule has 0 bridgehead atoms. The summed E-state index contributed by atoms with van der Waals surface area (Å²) >= 11 is 0. The number of hydrogen-bond acceptors (Lipinski definition) is 3. The Morgan fingerprint density at radius 1 is 1.25 bits per heavy atom. The monoisotopic (exact) mass is 231 g/mol. The molecule has 0 saturated heterocycles. The lowest BCUT2D eigenvalue weighted by Crippen LogP contribution is -2.46. The third-order valence-electron chi connectivity index (χ3n) is 3.02. The molecule has 0 spiro atoms. The second-order valence-corrected chi connectivity index (χ2v) is 5.36. The molecule has 0 aromatic rings. The van der Waals surface area contributed by atoms with Gasteiger partial charge >= 0.3 is 5.97 Å². The molecule has 0 aliphatic carbocycles. The normalized spacial score (nSPS) is 15.8. The molecule has 1 atom stereocenters. The molecule has 0 amide bonds. The Bertz CT molecular complexity index is 216. The van der Waals surface area contributed by atoms with Crippen molar-refractivity contribution in [3.8, 4) is 0 Å². The van der Waals surface area contributed by atoms with Crippen LogP contribution in [0.5, 0.6) is 0 Å². The zero-order chi connectivity index (χ0) is 12.9. The predicted molar refractivity (Wildman–Crippen MR) is 64.3 cm³/mol. The molecule has 4 heteroatoms. The summed E-state index contributed by atoms with van der Waals surface area (Å²) in [7, 11) is 0. The van der Waals surface area contributed by atoms with Gasteiger partial charge in [0.15, 0.2) is 5.60 Å². The van der Waals surface area contributed by atoms with Gasteiger partial charge in [0.25, 0.3) is 0 Å². The summed E-state index contributed by atoms with van der Waals surface area (Å²) in [4.78, 5) is 10.7. The Balaban J connectivity index is 4.10. The van der Waals surface area contributed by atoms with Gasteiger partial charge in [0, 0.05) is 6.54 Å². The first-order chi connectivity index (χ1) is 7.18. The van der Waals surface area contributed by atoms with Crippen molar-refractivity contribution in [3.05, 3.63) is 0 Å². The molecule has 0 aliphatic rings. The van der Waals surface area contributed by atoms with E-state index in [0.29, 0.717) is 17.8 Å². The van der Waals surface area contributed by atoms with E-state index in [1.807, 2.05) is 0 Å². The van der Waals surface area contributed by atoms with Crippen LogP contribution < -0.4 is 5.32 Å².